The molecule has 4 aromatic rings. The molecule has 0 radical (unpaired) electrons. The van der Waals surface area contributed by atoms with E-state index in [2.05, 4.69) is 32.3 Å². The van der Waals surface area contributed by atoms with Gasteiger partial charge in [-0.15, -0.1) is 5.10 Å². The minimum Gasteiger partial charge on any atom is -0.492 e. The molecule has 194 valence electrons. The zero-order valence-electron chi connectivity index (χ0n) is 21.8. The number of carbonyl (C=O) groups is 1. The second-order valence-electron chi connectivity index (χ2n) is 11.2. The Labute approximate surface area is 215 Å². The van der Waals surface area contributed by atoms with Gasteiger partial charge in [-0.05, 0) is 58.7 Å². The van der Waals surface area contributed by atoms with Gasteiger partial charge in [0.15, 0.2) is 5.65 Å². The molecule has 2 saturated heterocycles. The number of pyridine rings is 2. The van der Waals surface area contributed by atoms with Crippen LogP contribution in [0.4, 0.5) is 10.6 Å². The summed E-state index contributed by atoms with van der Waals surface area (Å²) in [5.41, 5.74) is 3.31. The summed E-state index contributed by atoms with van der Waals surface area (Å²) in [5, 5.41) is 12.7. The summed E-state index contributed by atoms with van der Waals surface area (Å²) < 4.78 is 13.3. The Kier molecular flexibility index (Phi) is 5.50. The maximum absolute atomic E-state index is 12.6. The molecule has 10 heteroatoms. The highest BCUT2D eigenvalue weighted by Crippen LogP contribution is 2.41. The molecular formula is C27H33N7O3. The van der Waals surface area contributed by atoms with Crippen LogP contribution in [-0.2, 0) is 4.74 Å². The monoisotopic (exact) mass is 503 g/mol. The molecule has 2 fully saturated rings. The third-order valence-electron chi connectivity index (χ3n) is 7.16. The lowest BCUT2D eigenvalue weighted by Crippen LogP contribution is -2.64. The summed E-state index contributed by atoms with van der Waals surface area (Å²) in [6.07, 6.45) is 7.51. The van der Waals surface area contributed by atoms with Crippen LogP contribution >= 0.6 is 0 Å². The number of aromatic nitrogens is 5. The van der Waals surface area contributed by atoms with Gasteiger partial charge >= 0.3 is 6.09 Å². The Bertz CT molecular complexity index is 1440. The lowest BCUT2D eigenvalue weighted by Gasteiger charge is -2.54. The number of aromatic amines is 1. The predicted octanol–water partition coefficient (Wildman–Crippen LogP) is 4.51. The third kappa shape index (κ3) is 4.34. The molecule has 1 spiro atoms. The van der Waals surface area contributed by atoms with E-state index in [1.54, 1.807) is 6.20 Å². The highest BCUT2D eigenvalue weighted by molar-refractivity contribution is 6.00. The Morgan fingerprint density at radius 1 is 1.19 bits per heavy atom. The van der Waals surface area contributed by atoms with E-state index in [-0.39, 0.29) is 11.5 Å². The fraction of sp³-hybridized carbons (Fsp3) is 0.481. The fourth-order valence-corrected chi connectivity index (χ4v) is 5.61. The highest BCUT2D eigenvalue weighted by Gasteiger charge is 2.47. The first kappa shape index (κ1) is 23.6. The molecule has 4 aromatic heterocycles. The van der Waals surface area contributed by atoms with Crippen LogP contribution < -0.4 is 9.64 Å². The van der Waals surface area contributed by atoms with Gasteiger partial charge in [0, 0.05) is 48.9 Å². The maximum Gasteiger partial charge on any atom is 0.410 e. The molecule has 0 aliphatic carbocycles. The fourth-order valence-electron chi connectivity index (χ4n) is 5.61. The number of hydrogen-bond acceptors (Lipinski definition) is 7. The minimum atomic E-state index is -0.479. The first-order chi connectivity index (χ1) is 17.7. The number of ether oxygens (including phenoxy) is 2. The topological polar surface area (TPSA) is 101 Å². The Morgan fingerprint density at radius 2 is 2.03 bits per heavy atom. The molecule has 1 N–H and O–H groups in total. The summed E-state index contributed by atoms with van der Waals surface area (Å²) >= 11 is 0. The number of H-pyrrole nitrogens is 1. The normalized spacial score (nSPS) is 17.4. The largest absolute Gasteiger partial charge is 0.492 e. The van der Waals surface area contributed by atoms with E-state index in [0.717, 1.165) is 78.3 Å². The molecule has 0 saturated carbocycles. The van der Waals surface area contributed by atoms with Crippen LogP contribution in [-0.4, -0.2) is 74.2 Å². The number of anilines is 1. The smallest absolute Gasteiger partial charge is 0.410 e. The van der Waals surface area contributed by atoms with E-state index in [9.17, 15) is 4.79 Å². The lowest BCUT2D eigenvalue weighted by atomic mass is 9.73. The standard InChI is InChI=1S/C27H33N7O3/c1-5-36-19-11-20(23-21-13-29-30-24(21)31-34(23)14-19)18-7-8-22(28-12-18)33-16-27(17-33)9-6-10-32(15-27)25(35)37-26(2,3)4/h7-8,11-14H,5-6,9-10,15-17H2,1-4H3,(H,30,31). The molecule has 0 atom stereocenters. The van der Waals surface area contributed by atoms with Crippen molar-refractivity contribution >= 4 is 28.5 Å². The number of likely N-dealkylation sites (tertiary alicyclic amines) is 1. The van der Waals surface area contributed by atoms with Crippen molar-refractivity contribution in [3.8, 4) is 16.9 Å². The molecule has 10 nitrogen and oxygen atoms in total. The van der Waals surface area contributed by atoms with E-state index in [1.807, 2.05) is 55.6 Å². The maximum atomic E-state index is 12.6. The molecule has 37 heavy (non-hydrogen) atoms. The van der Waals surface area contributed by atoms with E-state index < -0.39 is 5.60 Å². The molecule has 2 aliphatic rings. The number of nitrogens with zero attached hydrogens (tertiary/aromatic N) is 6. The van der Waals surface area contributed by atoms with Gasteiger partial charge in [0.05, 0.1) is 29.9 Å². The van der Waals surface area contributed by atoms with Crippen molar-refractivity contribution in [3.63, 3.8) is 0 Å². The van der Waals surface area contributed by atoms with Gasteiger partial charge in [0.1, 0.15) is 17.2 Å². The van der Waals surface area contributed by atoms with Crippen molar-refractivity contribution in [2.45, 2.75) is 46.1 Å². The number of hydrogen-bond donors (Lipinski definition) is 1. The third-order valence-corrected chi connectivity index (χ3v) is 7.16. The van der Waals surface area contributed by atoms with Crippen molar-refractivity contribution in [1.82, 2.24) is 29.7 Å². The zero-order valence-corrected chi connectivity index (χ0v) is 21.8. The van der Waals surface area contributed by atoms with Crippen LogP contribution in [0.15, 0.2) is 36.8 Å². The van der Waals surface area contributed by atoms with Crippen LogP contribution in [0.5, 0.6) is 5.75 Å². The van der Waals surface area contributed by atoms with E-state index in [4.69, 9.17) is 14.5 Å². The summed E-state index contributed by atoms with van der Waals surface area (Å²) in [5.74, 6) is 1.70. The Morgan fingerprint density at radius 3 is 2.76 bits per heavy atom. The summed E-state index contributed by atoms with van der Waals surface area (Å²) in [7, 11) is 0. The van der Waals surface area contributed by atoms with Crippen LogP contribution in [0, 0.1) is 5.41 Å². The lowest BCUT2D eigenvalue weighted by molar-refractivity contribution is -0.00155. The Hall–Kier alpha value is -3.82. The quantitative estimate of drug-likeness (QED) is 0.437. The van der Waals surface area contributed by atoms with Crippen LogP contribution in [0.1, 0.15) is 40.5 Å². The number of nitrogens with one attached hydrogen (secondary N) is 1. The van der Waals surface area contributed by atoms with Crippen molar-refractivity contribution in [3.05, 3.63) is 36.8 Å². The minimum absolute atomic E-state index is 0.109. The first-order valence-corrected chi connectivity index (χ1v) is 12.9. The number of piperidine rings is 1. The average molecular weight is 504 g/mol. The molecule has 0 unspecified atom stereocenters. The highest BCUT2D eigenvalue weighted by atomic mass is 16.6. The number of carbonyl (C=O) groups excluding carboxylic acids is 1. The van der Waals surface area contributed by atoms with Crippen LogP contribution in [0.25, 0.3) is 27.7 Å². The van der Waals surface area contributed by atoms with E-state index >= 15 is 0 Å². The van der Waals surface area contributed by atoms with Gasteiger partial charge < -0.3 is 19.3 Å². The van der Waals surface area contributed by atoms with Gasteiger partial charge in [-0.2, -0.15) is 5.10 Å². The SMILES string of the molecule is CCOc1cc(-c2ccc(N3CC4(CCCN(C(=O)OC(C)(C)C)C4)C3)nc2)c2c3cn[nH]c3nn2c1. The van der Waals surface area contributed by atoms with Crippen LogP contribution in [0.2, 0.25) is 0 Å². The summed E-state index contributed by atoms with van der Waals surface area (Å²) in [6.45, 7) is 11.6. The van der Waals surface area contributed by atoms with Crippen molar-refractivity contribution in [2.75, 3.05) is 37.7 Å². The van der Waals surface area contributed by atoms with Gasteiger partial charge in [-0.3, -0.25) is 5.10 Å². The molecule has 2 aliphatic heterocycles. The molecule has 1 amide bonds. The van der Waals surface area contributed by atoms with Crippen molar-refractivity contribution in [1.29, 1.82) is 0 Å². The van der Waals surface area contributed by atoms with Crippen molar-refractivity contribution < 1.29 is 14.3 Å². The molecule has 6 heterocycles. The summed E-state index contributed by atoms with van der Waals surface area (Å²) in [6, 6.07) is 6.21. The predicted molar refractivity (Wildman–Crippen MR) is 141 cm³/mol. The van der Waals surface area contributed by atoms with Crippen LogP contribution in [0.3, 0.4) is 0 Å². The summed E-state index contributed by atoms with van der Waals surface area (Å²) in [4.78, 5) is 21.6. The van der Waals surface area contributed by atoms with Crippen molar-refractivity contribution in [2.24, 2.45) is 5.41 Å². The van der Waals surface area contributed by atoms with E-state index in [1.165, 1.54) is 0 Å². The van der Waals surface area contributed by atoms with Gasteiger partial charge in [-0.1, -0.05) is 0 Å². The molecule has 0 aromatic carbocycles. The van der Waals surface area contributed by atoms with Gasteiger partial charge in [0.25, 0.3) is 0 Å². The second kappa shape index (κ2) is 8.64. The van der Waals surface area contributed by atoms with Gasteiger partial charge in [0.2, 0.25) is 0 Å². The average Bonchev–Trinajstić information content (AvgIpc) is 3.43. The van der Waals surface area contributed by atoms with E-state index in [0.29, 0.717) is 6.61 Å². The number of rotatable bonds is 4. The number of fused-ring (bicyclic) bond motifs is 3. The molecule has 6 rings (SSSR count). The number of amides is 1. The zero-order chi connectivity index (χ0) is 25.8. The van der Waals surface area contributed by atoms with Gasteiger partial charge in [-0.25, -0.2) is 14.3 Å². The molecule has 0 bridgehead atoms. The first-order valence-electron chi connectivity index (χ1n) is 12.9. The Balaban J connectivity index is 1.21. The second-order valence-corrected chi connectivity index (χ2v) is 11.2. The molecular weight excluding hydrogens is 470 g/mol.